The van der Waals surface area contributed by atoms with E-state index >= 15 is 0 Å². The summed E-state index contributed by atoms with van der Waals surface area (Å²) in [5.41, 5.74) is 0. The van der Waals surface area contributed by atoms with Crippen molar-refractivity contribution in [3.05, 3.63) is 49.1 Å². The van der Waals surface area contributed by atoms with Crippen molar-refractivity contribution < 1.29 is 35.8 Å². The number of carbonyl (C=O) groups excluding carboxylic acids is 1. The summed E-state index contributed by atoms with van der Waals surface area (Å²) in [6, 6.07) is 12.0. The van der Waals surface area contributed by atoms with Gasteiger partial charge in [-0.15, -0.1) is 0 Å². The predicted octanol–water partition coefficient (Wildman–Crippen LogP) is -1.28. The zero-order valence-corrected chi connectivity index (χ0v) is 10.2. The van der Waals surface area contributed by atoms with Gasteiger partial charge in [-0.25, -0.2) is 0 Å². The Bertz CT molecular complexity index is 202. The molecular formula is C10H14NNaO. The number of rotatable bonds is 1. The first-order valence-corrected chi connectivity index (χ1v) is 3.65. The molecule has 66 valence electrons. The quantitative estimate of drug-likeness (QED) is 0.431. The van der Waals surface area contributed by atoms with Gasteiger partial charge in [-0.2, -0.15) is 0 Å². The second-order valence-corrected chi connectivity index (χ2v) is 1.97. The molecule has 1 aromatic rings. The number of amides is 1. The fourth-order valence-corrected chi connectivity index (χ4v) is 0.487. The third-order valence-electron chi connectivity index (χ3n) is 1.10. The zero-order valence-electron chi connectivity index (χ0n) is 9.16. The molecule has 1 aromatic carbocycles. The van der Waals surface area contributed by atoms with Crippen LogP contribution >= 0.6 is 0 Å². The van der Waals surface area contributed by atoms with Gasteiger partial charge in [0.1, 0.15) is 0 Å². The minimum Gasteiger partial charge on any atom is -1.00 e. The molecule has 0 aliphatic carbocycles. The predicted molar refractivity (Wildman–Crippen MR) is 51.8 cm³/mol. The summed E-state index contributed by atoms with van der Waals surface area (Å²) in [6.07, 6.45) is 1.22. The third-order valence-corrected chi connectivity index (χ3v) is 1.10. The Kier molecular flexibility index (Phi) is 13.1. The smallest absolute Gasteiger partial charge is 1.00 e. The van der Waals surface area contributed by atoms with E-state index in [1.165, 1.54) is 6.08 Å². The minimum atomic E-state index is -0.144. The molecular weight excluding hydrogens is 173 g/mol. The van der Waals surface area contributed by atoms with E-state index in [0.717, 1.165) is 0 Å². The van der Waals surface area contributed by atoms with Crippen molar-refractivity contribution in [1.29, 1.82) is 0 Å². The molecule has 13 heavy (non-hydrogen) atoms. The van der Waals surface area contributed by atoms with E-state index in [2.05, 4.69) is 11.9 Å². The summed E-state index contributed by atoms with van der Waals surface area (Å²) in [6.45, 7) is 3.22. The molecule has 0 atom stereocenters. The van der Waals surface area contributed by atoms with Crippen molar-refractivity contribution in [2.24, 2.45) is 0 Å². The topological polar surface area (TPSA) is 29.1 Å². The molecule has 0 unspecified atom stereocenters. The molecule has 0 aliphatic heterocycles. The number of carbonyl (C=O) groups is 1. The van der Waals surface area contributed by atoms with Crippen LogP contribution in [0.4, 0.5) is 0 Å². The normalized spacial score (nSPS) is 6.85. The first-order valence-electron chi connectivity index (χ1n) is 3.65. The van der Waals surface area contributed by atoms with E-state index in [1.807, 2.05) is 36.4 Å². The maximum atomic E-state index is 9.95. The van der Waals surface area contributed by atoms with Gasteiger partial charge in [0.15, 0.2) is 0 Å². The van der Waals surface area contributed by atoms with E-state index in [1.54, 1.807) is 7.05 Å². The van der Waals surface area contributed by atoms with Crippen LogP contribution in [0.2, 0.25) is 0 Å². The minimum absolute atomic E-state index is 0. The summed E-state index contributed by atoms with van der Waals surface area (Å²) in [5.74, 6) is -0.144. The van der Waals surface area contributed by atoms with Gasteiger partial charge >= 0.3 is 29.6 Å². The van der Waals surface area contributed by atoms with Gasteiger partial charge in [-0.1, -0.05) is 43.0 Å². The van der Waals surface area contributed by atoms with Gasteiger partial charge < -0.3 is 6.74 Å². The maximum absolute atomic E-state index is 9.95. The van der Waals surface area contributed by atoms with Gasteiger partial charge in [-0.05, 0) is 6.08 Å². The Morgan fingerprint density at radius 1 is 1.23 bits per heavy atom. The van der Waals surface area contributed by atoms with Crippen LogP contribution in [-0.2, 0) is 4.79 Å². The number of likely N-dealkylation sites (N-methyl/N-ethyl adjacent to an activating group) is 1. The van der Waals surface area contributed by atoms with Crippen molar-refractivity contribution in [3.8, 4) is 0 Å². The molecule has 0 fully saturated rings. The molecule has 1 amide bonds. The third kappa shape index (κ3) is 11.4. The Labute approximate surface area is 103 Å². The SMILES string of the molecule is C=CC(=O)NC.[H-].[Na+].c1ccccc1. The largest absolute Gasteiger partial charge is 1.00 e. The summed E-state index contributed by atoms with van der Waals surface area (Å²) in [5, 5.41) is 2.36. The molecule has 1 rings (SSSR count). The van der Waals surface area contributed by atoms with Crippen LogP contribution in [0, 0.1) is 0 Å². The Balaban J connectivity index is -0.000000151. The van der Waals surface area contributed by atoms with Crippen molar-refractivity contribution in [1.82, 2.24) is 5.32 Å². The monoisotopic (exact) mass is 187 g/mol. The number of hydrogen-bond donors (Lipinski definition) is 1. The van der Waals surface area contributed by atoms with Gasteiger partial charge in [0.25, 0.3) is 0 Å². The number of benzene rings is 1. The average Bonchev–Trinajstić information content (AvgIpc) is 2.20. The van der Waals surface area contributed by atoms with Crippen LogP contribution < -0.4 is 34.9 Å². The van der Waals surface area contributed by atoms with Crippen LogP contribution in [0.3, 0.4) is 0 Å². The molecule has 0 aliphatic rings. The standard InChI is InChI=1S/C6H6.C4H7NO.Na.H/c1-2-4-6-5-3-1;1-3-4(6)5-2;;/h1-6H;3H,1H2,2H3,(H,5,6);;/q;;+1;-1. The molecule has 0 bridgehead atoms. The zero-order chi connectivity index (χ0) is 9.23. The van der Waals surface area contributed by atoms with Gasteiger partial charge in [-0.3, -0.25) is 4.79 Å². The van der Waals surface area contributed by atoms with Gasteiger partial charge in [0, 0.05) is 7.05 Å². The van der Waals surface area contributed by atoms with Crippen LogP contribution in [0.15, 0.2) is 49.1 Å². The first-order chi connectivity index (χ1) is 5.81. The van der Waals surface area contributed by atoms with Crippen molar-refractivity contribution >= 4 is 5.91 Å². The van der Waals surface area contributed by atoms with Crippen LogP contribution in [0.5, 0.6) is 0 Å². The van der Waals surface area contributed by atoms with E-state index in [0.29, 0.717) is 0 Å². The number of hydrogen-bond acceptors (Lipinski definition) is 1. The fourth-order valence-electron chi connectivity index (χ4n) is 0.487. The molecule has 0 heterocycles. The molecule has 0 aromatic heterocycles. The van der Waals surface area contributed by atoms with Crippen LogP contribution in [0.1, 0.15) is 1.43 Å². The van der Waals surface area contributed by atoms with Gasteiger partial charge in [0.05, 0.1) is 0 Å². The molecule has 1 N–H and O–H groups in total. The second-order valence-electron chi connectivity index (χ2n) is 1.97. The Hall–Kier alpha value is -0.570. The van der Waals surface area contributed by atoms with E-state index in [9.17, 15) is 4.79 Å². The maximum Gasteiger partial charge on any atom is 1.00 e. The molecule has 0 spiro atoms. The summed E-state index contributed by atoms with van der Waals surface area (Å²) in [7, 11) is 1.56. The summed E-state index contributed by atoms with van der Waals surface area (Å²) in [4.78, 5) is 9.95. The second kappa shape index (κ2) is 11.4. The molecule has 0 saturated carbocycles. The van der Waals surface area contributed by atoms with Crippen molar-refractivity contribution in [2.75, 3.05) is 7.05 Å². The summed E-state index contributed by atoms with van der Waals surface area (Å²) < 4.78 is 0. The van der Waals surface area contributed by atoms with Gasteiger partial charge in [0.2, 0.25) is 5.91 Å². The van der Waals surface area contributed by atoms with Crippen molar-refractivity contribution in [2.45, 2.75) is 0 Å². The fraction of sp³-hybridized carbons (Fsp3) is 0.100. The Morgan fingerprint density at radius 3 is 1.62 bits per heavy atom. The van der Waals surface area contributed by atoms with E-state index in [4.69, 9.17) is 0 Å². The van der Waals surface area contributed by atoms with E-state index in [-0.39, 0.29) is 36.9 Å². The summed E-state index contributed by atoms with van der Waals surface area (Å²) >= 11 is 0. The first kappa shape index (κ1) is 14.9. The van der Waals surface area contributed by atoms with Crippen molar-refractivity contribution in [3.63, 3.8) is 0 Å². The van der Waals surface area contributed by atoms with Crippen LogP contribution in [0.25, 0.3) is 0 Å². The Morgan fingerprint density at radius 2 is 1.54 bits per heavy atom. The van der Waals surface area contributed by atoms with E-state index < -0.39 is 0 Å². The molecule has 3 heteroatoms. The molecule has 0 saturated heterocycles. The van der Waals surface area contributed by atoms with Crippen LogP contribution in [-0.4, -0.2) is 13.0 Å². The molecule has 0 radical (unpaired) electrons. The molecule has 2 nitrogen and oxygen atoms in total. The number of nitrogens with one attached hydrogen (secondary N) is 1. The average molecular weight is 187 g/mol.